The molecule has 2 aliphatic rings. The van der Waals surface area contributed by atoms with Crippen LogP contribution in [0.1, 0.15) is 18.4 Å². The number of nitrogens with zero attached hydrogens (tertiary/aromatic N) is 6. The summed E-state index contributed by atoms with van der Waals surface area (Å²) in [5, 5.41) is 0. The SMILES string of the molecule is C=CC(=O)N1CCN(Cc2ccc(-n3c(-c4cccnc4N)nc4ccc(-c5ccccc5)nc43)cc2)CC12CC2. The second kappa shape index (κ2) is 9.98. The van der Waals surface area contributed by atoms with Crippen molar-refractivity contribution in [3.8, 4) is 28.3 Å². The monoisotopic (exact) mass is 541 g/mol. The molecular weight excluding hydrogens is 510 g/mol. The van der Waals surface area contributed by atoms with E-state index in [1.807, 2.05) is 47.4 Å². The molecule has 1 saturated carbocycles. The third-order valence-corrected chi connectivity index (χ3v) is 8.25. The number of piperazine rings is 1. The van der Waals surface area contributed by atoms with Gasteiger partial charge in [-0.1, -0.05) is 49.0 Å². The van der Waals surface area contributed by atoms with Crippen LogP contribution in [0.5, 0.6) is 0 Å². The van der Waals surface area contributed by atoms with Gasteiger partial charge in [0.05, 0.1) is 16.8 Å². The van der Waals surface area contributed by atoms with Crippen molar-refractivity contribution in [2.45, 2.75) is 24.9 Å². The lowest BCUT2D eigenvalue weighted by Gasteiger charge is -2.41. The van der Waals surface area contributed by atoms with Crippen molar-refractivity contribution in [2.24, 2.45) is 0 Å². The minimum Gasteiger partial charge on any atom is -0.383 e. The number of hydrogen-bond acceptors (Lipinski definition) is 6. The number of nitrogens with two attached hydrogens (primary N) is 1. The largest absolute Gasteiger partial charge is 0.383 e. The average Bonchev–Trinajstić information content (AvgIpc) is 3.66. The number of imidazole rings is 1. The topological polar surface area (TPSA) is 93.2 Å². The molecular formula is C33H31N7O. The fraction of sp³-hybridized carbons (Fsp3) is 0.212. The van der Waals surface area contributed by atoms with E-state index in [0.29, 0.717) is 11.6 Å². The Hall–Kier alpha value is -4.82. The van der Waals surface area contributed by atoms with Crippen LogP contribution in [0.15, 0.2) is 97.7 Å². The fourth-order valence-electron chi connectivity index (χ4n) is 5.99. The third kappa shape index (κ3) is 4.56. The van der Waals surface area contributed by atoms with Crippen LogP contribution in [-0.2, 0) is 11.3 Å². The Kier molecular flexibility index (Phi) is 6.12. The van der Waals surface area contributed by atoms with Crippen molar-refractivity contribution in [1.29, 1.82) is 0 Å². The van der Waals surface area contributed by atoms with Crippen LogP contribution in [-0.4, -0.2) is 60.4 Å². The first-order valence-corrected chi connectivity index (χ1v) is 14.0. The van der Waals surface area contributed by atoms with E-state index in [1.165, 1.54) is 11.6 Å². The van der Waals surface area contributed by atoms with Gasteiger partial charge in [-0.3, -0.25) is 14.3 Å². The molecule has 7 rings (SSSR count). The van der Waals surface area contributed by atoms with E-state index in [9.17, 15) is 4.79 Å². The Morgan fingerprint density at radius 3 is 2.49 bits per heavy atom. The molecule has 0 unspecified atom stereocenters. The summed E-state index contributed by atoms with van der Waals surface area (Å²) in [7, 11) is 0. The lowest BCUT2D eigenvalue weighted by molar-refractivity contribution is -0.132. The highest BCUT2D eigenvalue weighted by Gasteiger charge is 2.52. The summed E-state index contributed by atoms with van der Waals surface area (Å²) in [6.07, 6.45) is 5.26. The van der Waals surface area contributed by atoms with Crippen LogP contribution in [0.3, 0.4) is 0 Å². The van der Waals surface area contributed by atoms with Gasteiger partial charge in [0.15, 0.2) is 11.5 Å². The van der Waals surface area contributed by atoms with Gasteiger partial charge in [-0.2, -0.15) is 0 Å². The Bertz CT molecular complexity index is 1760. The molecule has 1 aliphatic heterocycles. The number of fused-ring (bicyclic) bond motifs is 1. The molecule has 8 heteroatoms. The second-order valence-electron chi connectivity index (χ2n) is 10.9. The highest BCUT2D eigenvalue weighted by atomic mass is 16.2. The van der Waals surface area contributed by atoms with Crippen LogP contribution in [0.25, 0.3) is 39.5 Å². The Morgan fingerprint density at radius 1 is 0.951 bits per heavy atom. The first-order chi connectivity index (χ1) is 20.0. The molecule has 2 N–H and O–H groups in total. The van der Waals surface area contributed by atoms with Crippen molar-refractivity contribution in [1.82, 2.24) is 29.3 Å². The number of aromatic nitrogens is 4. The van der Waals surface area contributed by atoms with Crippen LogP contribution in [0, 0.1) is 0 Å². The van der Waals surface area contributed by atoms with E-state index < -0.39 is 0 Å². The van der Waals surface area contributed by atoms with Crippen molar-refractivity contribution in [2.75, 3.05) is 25.4 Å². The second-order valence-corrected chi connectivity index (χ2v) is 10.9. The summed E-state index contributed by atoms with van der Waals surface area (Å²) in [4.78, 5) is 31.1. The van der Waals surface area contributed by atoms with Gasteiger partial charge in [-0.25, -0.2) is 15.0 Å². The highest BCUT2D eigenvalue weighted by molar-refractivity contribution is 5.88. The fourth-order valence-corrected chi connectivity index (χ4v) is 5.99. The molecule has 204 valence electrons. The van der Waals surface area contributed by atoms with Gasteiger partial charge in [0.1, 0.15) is 11.3 Å². The molecule has 0 bridgehead atoms. The van der Waals surface area contributed by atoms with Gasteiger partial charge in [0.2, 0.25) is 5.91 Å². The summed E-state index contributed by atoms with van der Waals surface area (Å²) >= 11 is 0. The number of benzene rings is 2. The first-order valence-electron chi connectivity index (χ1n) is 14.0. The summed E-state index contributed by atoms with van der Waals surface area (Å²) < 4.78 is 2.07. The van der Waals surface area contributed by atoms with Gasteiger partial charge in [-0.15, -0.1) is 0 Å². The summed E-state index contributed by atoms with van der Waals surface area (Å²) in [5.41, 5.74) is 12.7. The predicted octanol–water partition coefficient (Wildman–Crippen LogP) is 5.09. The number of hydrogen-bond donors (Lipinski definition) is 1. The van der Waals surface area contributed by atoms with Crippen LogP contribution in [0.4, 0.5) is 5.82 Å². The van der Waals surface area contributed by atoms with Crippen molar-refractivity contribution < 1.29 is 4.79 Å². The summed E-state index contributed by atoms with van der Waals surface area (Å²) in [6.45, 7) is 7.02. The van der Waals surface area contributed by atoms with Gasteiger partial charge in [0.25, 0.3) is 0 Å². The molecule has 1 saturated heterocycles. The summed E-state index contributed by atoms with van der Waals surface area (Å²) in [5.74, 6) is 1.18. The number of amides is 1. The Balaban J connectivity index is 1.23. The van der Waals surface area contributed by atoms with E-state index in [1.54, 1.807) is 6.20 Å². The van der Waals surface area contributed by atoms with Crippen LogP contribution < -0.4 is 5.73 Å². The number of pyridine rings is 2. The number of anilines is 1. The van der Waals surface area contributed by atoms with E-state index in [2.05, 4.69) is 57.4 Å². The Morgan fingerprint density at radius 2 is 1.76 bits per heavy atom. The average molecular weight is 542 g/mol. The molecule has 1 aliphatic carbocycles. The quantitative estimate of drug-likeness (QED) is 0.301. The van der Waals surface area contributed by atoms with Crippen LogP contribution in [0.2, 0.25) is 0 Å². The normalized spacial score (nSPS) is 16.2. The zero-order valence-corrected chi connectivity index (χ0v) is 22.8. The van der Waals surface area contributed by atoms with Gasteiger partial charge < -0.3 is 10.6 Å². The molecule has 3 aromatic heterocycles. The summed E-state index contributed by atoms with van der Waals surface area (Å²) in [6, 6.07) is 26.5. The first kappa shape index (κ1) is 25.2. The third-order valence-electron chi connectivity index (χ3n) is 8.25. The molecule has 4 heterocycles. The van der Waals surface area contributed by atoms with E-state index in [4.69, 9.17) is 15.7 Å². The van der Waals surface area contributed by atoms with Crippen molar-refractivity contribution in [3.63, 3.8) is 0 Å². The molecule has 1 amide bonds. The molecule has 5 aromatic rings. The maximum atomic E-state index is 12.3. The van der Waals surface area contributed by atoms with Gasteiger partial charge >= 0.3 is 0 Å². The van der Waals surface area contributed by atoms with Gasteiger partial charge in [0, 0.05) is 43.6 Å². The molecule has 41 heavy (non-hydrogen) atoms. The number of carbonyl (C=O) groups excluding carboxylic acids is 1. The standard InChI is InChI=1S/C33H31N7O/c1-2-29(41)39-20-19-38(22-33(39)16-17-33)21-23-10-12-25(13-11-23)40-31(26-9-6-18-35-30(26)34)37-28-15-14-27(36-32(28)40)24-7-4-3-5-8-24/h2-15,18H,1,16-17,19-22H2,(H2,34,35). The molecule has 2 aromatic carbocycles. The van der Waals surface area contributed by atoms with Crippen LogP contribution >= 0.6 is 0 Å². The van der Waals surface area contributed by atoms with Gasteiger partial charge in [-0.05, 0) is 60.9 Å². The number of carbonyl (C=O) groups is 1. The number of nitrogen functional groups attached to an aromatic ring is 1. The molecule has 8 nitrogen and oxygen atoms in total. The molecule has 2 fully saturated rings. The van der Waals surface area contributed by atoms with Crippen molar-refractivity contribution in [3.05, 3.63) is 103 Å². The zero-order valence-electron chi connectivity index (χ0n) is 22.8. The molecule has 1 spiro atoms. The maximum Gasteiger partial charge on any atom is 0.246 e. The molecule has 0 atom stereocenters. The lowest BCUT2D eigenvalue weighted by atomic mass is 10.1. The zero-order chi connectivity index (χ0) is 28.0. The van der Waals surface area contributed by atoms with E-state index >= 15 is 0 Å². The van der Waals surface area contributed by atoms with E-state index in [0.717, 1.165) is 72.7 Å². The van der Waals surface area contributed by atoms with Crippen molar-refractivity contribution >= 4 is 22.9 Å². The lowest BCUT2D eigenvalue weighted by Crippen LogP contribution is -2.56. The number of rotatable bonds is 6. The Labute approximate surface area is 238 Å². The maximum absolute atomic E-state index is 12.3. The predicted molar refractivity (Wildman–Crippen MR) is 161 cm³/mol. The smallest absolute Gasteiger partial charge is 0.246 e. The highest BCUT2D eigenvalue weighted by Crippen LogP contribution is 2.44. The van der Waals surface area contributed by atoms with E-state index in [-0.39, 0.29) is 11.4 Å². The minimum absolute atomic E-state index is 0.0140. The molecule has 0 radical (unpaired) electrons. The minimum atomic E-state index is -0.0140.